The number of anilines is 1. The Kier molecular flexibility index (Phi) is 4.30. The SMILES string of the molecule is O=C(CN1CCCC1c1ccccc1Cl)N1CCc2ccccc21. The molecule has 4 rings (SSSR count). The third-order valence-electron chi connectivity index (χ3n) is 5.15. The maximum atomic E-state index is 12.9. The number of halogens is 1. The minimum Gasteiger partial charge on any atom is -0.311 e. The molecule has 0 spiro atoms. The molecule has 3 nitrogen and oxygen atoms in total. The van der Waals surface area contributed by atoms with E-state index in [1.807, 2.05) is 35.2 Å². The molecule has 0 N–H and O–H groups in total. The van der Waals surface area contributed by atoms with Gasteiger partial charge in [0, 0.05) is 23.3 Å². The second-order valence-corrected chi connectivity index (χ2v) is 6.98. The molecule has 24 heavy (non-hydrogen) atoms. The predicted octanol–water partition coefficient (Wildman–Crippen LogP) is 4.07. The average molecular weight is 341 g/mol. The van der Waals surface area contributed by atoms with E-state index in [1.165, 1.54) is 5.56 Å². The average Bonchev–Trinajstić information content (AvgIpc) is 3.22. The number of hydrogen-bond donors (Lipinski definition) is 0. The van der Waals surface area contributed by atoms with Crippen molar-refractivity contribution in [2.45, 2.75) is 25.3 Å². The first-order valence-corrected chi connectivity index (χ1v) is 8.98. The van der Waals surface area contributed by atoms with Crippen LogP contribution in [0.4, 0.5) is 5.69 Å². The van der Waals surface area contributed by atoms with Crippen LogP contribution in [-0.4, -0.2) is 30.4 Å². The quantitative estimate of drug-likeness (QED) is 0.841. The smallest absolute Gasteiger partial charge is 0.241 e. The third kappa shape index (κ3) is 2.83. The molecule has 1 saturated heterocycles. The molecule has 1 atom stereocenters. The Hall–Kier alpha value is -1.84. The van der Waals surface area contributed by atoms with Gasteiger partial charge in [-0.1, -0.05) is 48.0 Å². The van der Waals surface area contributed by atoms with E-state index in [2.05, 4.69) is 23.1 Å². The summed E-state index contributed by atoms with van der Waals surface area (Å²) in [6.45, 7) is 2.21. The second-order valence-electron chi connectivity index (χ2n) is 6.57. The van der Waals surface area contributed by atoms with Crippen molar-refractivity contribution in [1.82, 2.24) is 4.90 Å². The van der Waals surface area contributed by atoms with E-state index in [0.717, 1.165) is 48.6 Å². The van der Waals surface area contributed by atoms with Gasteiger partial charge in [0.05, 0.1) is 6.54 Å². The Bertz CT molecular complexity index is 761. The number of benzene rings is 2. The fourth-order valence-electron chi connectivity index (χ4n) is 3.97. The maximum Gasteiger partial charge on any atom is 0.241 e. The summed E-state index contributed by atoms with van der Waals surface area (Å²) in [6.07, 6.45) is 3.13. The van der Waals surface area contributed by atoms with Crippen molar-refractivity contribution < 1.29 is 4.79 Å². The largest absolute Gasteiger partial charge is 0.311 e. The van der Waals surface area contributed by atoms with Crippen LogP contribution in [0.5, 0.6) is 0 Å². The van der Waals surface area contributed by atoms with E-state index >= 15 is 0 Å². The lowest BCUT2D eigenvalue weighted by atomic mass is 10.0. The lowest BCUT2D eigenvalue weighted by Crippen LogP contribution is -2.39. The van der Waals surface area contributed by atoms with E-state index in [1.54, 1.807) is 0 Å². The van der Waals surface area contributed by atoms with Crippen LogP contribution < -0.4 is 4.90 Å². The number of carbonyl (C=O) groups is 1. The van der Waals surface area contributed by atoms with Gasteiger partial charge in [0.15, 0.2) is 0 Å². The van der Waals surface area contributed by atoms with E-state index in [4.69, 9.17) is 11.6 Å². The molecule has 2 aliphatic heterocycles. The second kappa shape index (κ2) is 6.58. The van der Waals surface area contributed by atoms with Gasteiger partial charge in [0.2, 0.25) is 5.91 Å². The van der Waals surface area contributed by atoms with Crippen LogP contribution >= 0.6 is 11.6 Å². The van der Waals surface area contributed by atoms with Gasteiger partial charge in [-0.15, -0.1) is 0 Å². The van der Waals surface area contributed by atoms with Crippen molar-refractivity contribution in [3.05, 3.63) is 64.7 Å². The molecular weight excluding hydrogens is 320 g/mol. The highest BCUT2D eigenvalue weighted by atomic mass is 35.5. The number of hydrogen-bond acceptors (Lipinski definition) is 2. The molecule has 2 aliphatic rings. The fraction of sp³-hybridized carbons (Fsp3) is 0.350. The number of nitrogens with zero attached hydrogens (tertiary/aromatic N) is 2. The first-order valence-electron chi connectivity index (χ1n) is 8.61. The minimum atomic E-state index is 0.193. The Morgan fingerprint density at radius 2 is 1.88 bits per heavy atom. The van der Waals surface area contributed by atoms with Crippen LogP contribution in [0.15, 0.2) is 48.5 Å². The van der Waals surface area contributed by atoms with Gasteiger partial charge in [-0.3, -0.25) is 9.69 Å². The zero-order valence-corrected chi connectivity index (χ0v) is 14.4. The summed E-state index contributed by atoms with van der Waals surface area (Å²) in [5.41, 5.74) is 3.50. The van der Waals surface area contributed by atoms with Crippen molar-refractivity contribution >= 4 is 23.2 Å². The molecule has 1 unspecified atom stereocenters. The third-order valence-corrected chi connectivity index (χ3v) is 5.50. The van der Waals surface area contributed by atoms with Crippen LogP contribution in [-0.2, 0) is 11.2 Å². The normalized spacial score (nSPS) is 20.4. The van der Waals surface area contributed by atoms with E-state index < -0.39 is 0 Å². The number of likely N-dealkylation sites (tertiary alicyclic amines) is 1. The van der Waals surface area contributed by atoms with E-state index in [-0.39, 0.29) is 11.9 Å². The molecule has 124 valence electrons. The van der Waals surface area contributed by atoms with Gasteiger partial charge in [0.1, 0.15) is 0 Å². The Morgan fingerprint density at radius 1 is 1.08 bits per heavy atom. The molecule has 0 bridgehead atoms. The molecule has 0 aromatic heterocycles. The summed E-state index contributed by atoms with van der Waals surface area (Å²) in [5.74, 6) is 0.193. The number of carbonyl (C=O) groups excluding carboxylic acids is 1. The lowest BCUT2D eigenvalue weighted by molar-refractivity contribution is -0.119. The summed E-state index contributed by atoms with van der Waals surface area (Å²) in [4.78, 5) is 17.1. The summed E-state index contributed by atoms with van der Waals surface area (Å²) in [7, 11) is 0. The molecule has 2 aromatic rings. The summed E-state index contributed by atoms with van der Waals surface area (Å²) in [6, 6.07) is 16.5. The zero-order chi connectivity index (χ0) is 16.5. The monoisotopic (exact) mass is 340 g/mol. The first kappa shape index (κ1) is 15.7. The van der Waals surface area contributed by atoms with Gasteiger partial charge >= 0.3 is 0 Å². The Morgan fingerprint density at radius 3 is 2.75 bits per heavy atom. The van der Waals surface area contributed by atoms with Crippen molar-refractivity contribution in [2.75, 3.05) is 24.5 Å². The molecular formula is C20H21ClN2O. The van der Waals surface area contributed by atoms with Gasteiger partial charge in [-0.2, -0.15) is 0 Å². The van der Waals surface area contributed by atoms with Gasteiger partial charge in [-0.05, 0) is 49.1 Å². The minimum absolute atomic E-state index is 0.193. The molecule has 0 saturated carbocycles. The first-order chi connectivity index (χ1) is 11.7. The highest BCUT2D eigenvalue weighted by Gasteiger charge is 2.32. The number of fused-ring (bicyclic) bond motifs is 1. The van der Waals surface area contributed by atoms with Crippen LogP contribution in [0.1, 0.15) is 30.0 Å². The summed E-state index contributed by atoms with van der Waals surface area (Å²) in [5, 5.41) is 0.799. The number of rotatable bonds is 3. The summed E-state index contributed by atoms with van der Waals surface area (Å²) >= 11 is 6.38. The van der Waals surface area contributed by atoms with Crippen LogP contribution in [0.3, 0.4) is 0 Å². The van der Waals surface area contributed by atoms with Crippen LogP contribution in [0, 0.1) is 0 Å². The Balaban J connectivity index is 1.51. The molecule has 1 fully saturated rings. The molecule has 2 heterocycles. The van der Waals surface area contributed by atoms with Gasteiger partial charge in [0.25, 0.3) is 0 Å². The van der Waals surface area contributed by atoms with Crippen molar-refractivity contribution in [3.8, 4) is 0 Å². The highest BCUT2D eigenvalue weighted by Crippen LogP contribution is 2.36. The fourth-order valence-corrected chi connectivity index (χ4v) is 4.23. The zero-order valence-electron chi connectivity index (χ0n) is 13.6. The van der Waals surface area contributed by atoms with Crippen LogP contribution in [0.2, 0.25) is 5.02 Å². The highest BCUT2D eigenvalue weighted by molar-refractivity contribution is 6.31. The van der Waals surface area contributed by atoms with E-state index in [9.17, 15) is 4.79 Å². The lowest BCUT2D eigenvalue weighted by Gasteiger charge is -2.27. The Labute approximate surface area is 147 Å². The number of para-hydroxylation sites is 1. The van der Waals surface area contributed by atoms with Crippen molar-refractivity contribution in [2.24, 2.45) is 0 Å². The van der Waals surface area contributed by atoms with Crippen molar-refractivity contribution in [3.63, 3.8) is 0 Å². The molecule has 0 aliphatic carbocycles. The number of amides is 1. The maximum absolute atomic E-state index is 12.9. The van der Waals surface area contributed by atoms with Gasteiger partial charge < -0.3 is 4.90 Å². The van der Waals surface area contributed by atoms with Crippen molar-refractivity contribution in [1.29, 1.82) is 0 Å². The molecule has 2 aromatic carbocycles. The van der Waals surface area contributed by atoms with Gasteiger partial charge in [-0.25, -0.2) is 0 Å². The predicted molar refractivity (Wildman–Crippen MR) is 97.5 cm³/mol. The molecule has 1 amide bonds. The standard InChI is InChI=1S/C20H21ClN2O/c21-17-8-3-2-7-16(17)19-10-5-12-22(19)14-20(24)23-13-11-15-6-1-4-9-18(15)23/h1-4,6-9,19H,5,10-14H2. The topological polar surface area (TPSA) is 23.6 Å². The molecule has 0 radical (unpaired) electrons. The summed E-state index contributed by atoms with van der Waals surface area (Å²) < 4.78 is 0. The molecule has 4 heteroatoms. The van der Waals surface area contributed by atoms with Crippen LogP contribution in [0.25, 0.3) is 0 Å². The van der Waals surface area contributed by atoms with E-state index in [0.29, 0.717) is 6.54 Å².